The second kappa shape index (κ2) is 8.68. The highest BCUT2D eigenvalue weighted by Gasteiger charge is 2.09. The monoisotopic (exact) mass is 391 g/mol. The number of halogens is 2. The normalized spacial score (nSPS) is 10.8. The molecule has 27 heavy (non-hydrogen) atoms. The molecule has 1 aromatic carbocycles. The number of hydrogen-bond acceptors (Lipinski definition) is 4. The molecule has 0 aliphatic rings. The van der Waals surface area contributed by atoms with Crippen molar-refractivity contribution in [3.8, 4) is 5.75 Å². The molecule has 142 valence electrons. The fourth-order valence-electron chi connectivity index (χ4n) is 2.37. The molecular formula is C18H19ClFN5O2. The van der Waals surface area contributed by atoms with Gasteiger partial charge in [-0.2, -0.15) is 10.2 Å². The summed E-state index contributed by atoms with van der Waals surface area (Å²) < 4.78 is 21.6. The summed E-state index contributed by atoms with van der Waals surface area (Å²) in [5.74, 6) is -0.0664. The summed E-state index contributed by atoms with van der Waals surface area (Å²) in [6.07, 6.45) is 4.13. The van der Waals surface area contributed by atoms with E-state index in [1.807, 2.05) is 6.92 Å². The van der Waals surface area contributed by atoms with E-state index in [9.17, 15) is 9.18 Å². The maximum absolute atomic E-state index is 12.9. The number of amides is 1. The van der Waals surface area contributed by atoms with Gasteiger partial charge in [-0.1, -0.05) is 11.6 Å². The summed E-state index contributed by atoms with van der Waals surface area (Å²) in [6, 6.07) is 7.30. The lowest BCUT2D eigenvalue weighted by Crippen LogP contribution is -2.26. The lowest BCUT2D eigenvalue weighted by Gasteiger charge is -2.06. The maximum atomic E-state index is 12.9. The molecule has 7 nitrogen and oxygen atoms in total. The molecule has 0 spiro atoms. The van der Waals surface area contributed by atoms with Crippen LogP contribution in [-0.2, 0) is 13.3 Å². The Morgan fingerprint density at radius 1 is 1.22 bits per heavy atom. The first kappa shape index (κ1) is 18.9. The van der Waals surface area contributed by atoms with E-state index in [0.717, 1.165) is 12.1 Å². The quantitative estimate of drug-likeness (QED) is 0.599. The van der Waals surface area contributed by atoms with Crippen molar-refractivity contribution in [2.24, 2.45) is 0 Å². The summed E-state index contributed by atoms with van der Waals surface area (Å²) in [7, 11) is 0. The van der Waals surface area contributed by atoms with Gasteiger partial charge in [0.25, 0.3) is 5.91 Å². The predicted molar refractivity (Wildman–Crippen MR) is 98.2 cm³/mol. The minimum absolute atomic E-state index is 0.123. The first-order valence-electron chi connectivity index (χ1n) is 8.41. The standard InChI is InChI=1S/C18H19ClFN5O2/c1-13-16(19)11-24(22-13)9-2-8-21-18(26)17-7-10-25(23-17)12-27-15-5-3-14(20)4-6-15/h3-7,10-11H,2,8-9,12H2,1H3,(H,21,26). The van der Waals surface area contributed by atoms with Gasteiger partial charge in [-0.05, 0) is 43.7 Å². The minimum atomic E-state index is -0.328. The van der Waals surface area contributed by atoms with E-state index < -0.39 is 0 Å². The molecule has 0 saturated heterocycles. The van der Waals surface area contributed by atoms with E-state index in [0.29, 0.717) is 29.6 Å². The maximum Gasteiger partial charge on any atom is 0.271 e. The van der Waals surface area contributed by atoms with Gasteiger partial charge in [0.05, 0.1) is 10.7 Å². The SMILES string of the molecule is Cc1nn(CCCNC(=O)c2ccn(COc3ccc(F)cc3)n2)cc1Cl. The first-order valence-corrected chi connectivity index (χ1v) is 8.78. The molecular weight excluding hydrogens is 373 g/mol. The van der Waals surface area contributed by atoms with Crippen molar-refractivity contribution in [1.82, 2.24) is 24.9 Å². The van der Waals surface area contributed by atoms with E-state index in [1.54, 1.807) is 23.1 Å². The lowest BCUT2D eigenvalue weighted by molar-refractivity contribution is 0.0945. The van der Waals surface area contributed by atoms with Gasteiger partial charge in [0.1, 0.15) is 17.3 Å². The van der Waals surface area contributed by atoms with Gasteiger partial charge in [0, 0.05) is 25.5 Å². The Morgan fingerprint density at radius 3 is 2.70 bits per heavy atom. The number of aryl methyl sites for hydroxylation is 2. The van der Waals surface area contributed by atoms with Gasteiger partial charge in [-0.25, -0.2) is 9.07 Å². The molecule has 1 N–H and O–H groups in total. The highest BCUT2D eigenvalue weighted by Crippen LogP contribution is 2.12. The van der Waals surface area contributed by atoms with Gasteiger partial charge >= 0.3 is 0 Å². The van der Waals surface area contributed by atoms with E-state index >= 15 is 0 Å². The molecule has 2 heterocycles. The zero-order valence-corrected chi connectivity index (χ0v) is 15.5. The van der Waals surface area contributed by atoms with Crippen LogP contribution in [0.4, 0.5) is 4.39 Å². The fraction of sp³-hybridized carbons (Fsp3) is 0.278. The zero-order chi connectivity index (χ0) is 19.2. The average Bonchev–Trinajstić information content (AvgIpc) is 3.25. The van der Waals surface area contributed by atoms with Crippen LogP contribution in [0.25, 0.3) is 0 Å². The molecule has 3 rings (SSSR count). The van der Waals surface area contributed by atoms with Crippen LogP contribution in [0.2, 0.25) is 5.02 Å². The smallest absolute Gasteiger partial charge is 0.271 e. The van der Waals surface area contributed by atoms with Crippen LogP contribution in [0, 0.1) is 12.7 Å². The Labute approximate surface area is 160 Å². The summed E-state index contributed by atoms with van der Waals surface area (Å²) >= 11 is 5.96. The third-order valence-corrected chi connectivity index (χ3v) is 4.16. The van der Waals surface area contributed by atoms with Crippen LogP contribution in [0.3, 0.4) is 0 Å². The van der Waals surface area contributed by atoms with Crippen molar-refractivity contribution in [3.63, 3.8) is 0 Å². The average molecular weight is 392 g/mol. The van der Waals surface area contributed by atoms with Crippen LogP contribution in [0.1, 0.15) is 22.6 Å². The Morgan fingerprint density at radius 2 is 2.00 bits per heavy atom. The van der Waals surface area contributed by atoms with Crippen LogP contribution in [0.15, 0.2) is 42.7 Å². The Kier molecular flexibility index (Phi) is 6.08. The number of carbonyl (C=O) groups is 1. The number of hydrogen-bond donors (Lipinski definition) is 1. The molecule has 0 aliphatic heterocycles. The van der Waals surface area contributed by atoms with Gasteiger partial charge in [-0.3, -0.25) is 9.48 Å². The summed E-state index contributed by atoms with van der Waals surface area (Å²) in [5, 5.41) is 11.9. The summed E-state index contributed by atoms with van der Waals surface area (Å²) in [4.78, 5) is 12.1. The number of aromatic nitrogens is 4. The zero-order valence-electron chi connectivity index (χ0n) is 14.7. The molecule has 0 fully saturated rings. The van der Waals surface area contributed by atoms with Gasteiger partial charge in [0.15, 0.2) is 6.73 Å². The molecule has 3 aromatic rings. The Balaban J connectivity index is 1.41. The van der Waals surface area contributed by atoms with Crippen LogP contribution < -0.4 is 10.1 Å². The van der Waals surface area contributed by atoms with Crippen LogP contribution in [-0.4, -0.2) is 32.0 Å². The lowest BCUT2D eigenvalue weighted by atomic mass is 10.3. The highest BCUT2D eigenvalue weighted by molar-refractivity contribution is 6.31. The van der Waals surface area contributed by atoms with Gasteiger partial charge in [-0.15, -0.1) is 0 Å². The van der Waals surface area contributed by atoms with E-state index in [-0.39, 0.29) is 18.5 Å². The molecule has 9 heteroatoms. The van der Waals surface area contributed by atoms with Crippen molar-refractivity contribution < 1.29 is 13.9 Å². The van der Waals surface area contributed by atoms with E-state index in [2.05, 4.69) is 15.5 Å². The third-order valence-electron chi connectivity index (χ3n) is 3.79. The number of ether oxygens (including phenoxy) is 1. The van der Waals surface area contributed by atoms with Crippen molar-refractivity contribution in [3.05, 3.63) is 65.0 Å². The van der Waals surface area contributed by atoms with E-state index in [4.69, 9.17) is 16.3 Å². The Hall–Kier alpha value is -2.87. The van der Waals surface area contributed by atoms with Gasteiger partial charge in [0.2, 0.25) is 0 Å². The third kappa shape index (κ3) is 5.30. The van der Waals surface area contributed by atoms with Crippen molar-refractivity contribution in [2.75, 3.05) is 6.54 Å². The van der Waals surface area contributed by atoms with Gasteiger partial charge < -0.3 is 10.1 Å². The molecule has 0 aliphatic carbocycles. The van der Waals surface area contributed by atoms with E-state index in [1.165, 1.54) is 28.9 Å². The number of benzene rings is 1. The molecule has 0 unspecified atom stereocenters. The van der Waals surface area contributed by atoms with Crippen molar-refractivity contribution in [1.29, 1.82) is 0 Å². The highest BCUT2D eigenvalue weighted by atomic mass is 35.5. The minimum Gasteiger partial charge on any atom is -0.471 e. The molecule has 0 bridgehead atoms. The molecule has 0 atom stereocenters. The first-order chi connectivity index (χ1) is 13.0. The van der Waals surface area contributed by atoms with Crippen molar-refractivity contribution in [2.45, 2.75) is 26.6 Å². The second-order valence-corrected chi connectivity index (χ2v) is 6.31. The summed E-state index contributed by atoms with van der Waals surface area (Å²) in [6.45, 7) is 3.12. The van der Waals surface area contributed by atoms with Crippen LogP contribution in [0.5, 0.6) is 5.75 Å². The molecule has 1 amide bonds. The number of carbonyl (C=O) groups excluding carboxylic acids is 1. The van der Waals surface area contributed by atoms with Crippen LogP contribution >= 0.6 is 11.6 Å². The topological polar surface area (TPSA) is 74.0 Å². The molecule has 2 aromatic heterocycles. The second-order valence-electron chi connectivity index (χ2n) is 5.90. The fourth-order valence-corrected chi connectivity index (χ4v) is 2.52. The largest absolute Gasteiger partial charge is 0.471 e. The molecule has 0 radical (unpaired) electrons. The molecule has 0 saturated carbocycles. The number of rotatable bonds is 8. The predicted octanol–water partition coefficient (Wildman–Crippen LogP) is 3.04. The number of nitrogens with zero attached hydrogens (tertiary/aromatic N) is 4. The Bertz CT molecular complexity index is 887. The summed E-state index contributed by atoms with van der Waals surface area (Å²) in [5.41, 5.74) is 1.09. The number of nitrogens with one attached hydrogen (secondary N) is 1. The van der Waals surface area contributed by atoms with Crippen molar-refractivity contribution >= 4 is 17.5 Å².